The molecule has 0 bridgehead atoms. The zero-order valence-corrected chi connectivity index (χ0v) is 47.7. The largest absolute Gasteiger partial charge is 0.481 e. The Morgan fingerprint density at radius 1 is 0.914 bits per heavy atom. The molecule has 19 nitrogen and oxygen atoms in total. The van der Waals surface area contributed by atoms with Gasteiger partial charge >= 0.3 is 5.69 Å². The molecule has 2 aliphatic heterocycles. The molecular weight excluding hydrogens is 1060 g/mol. The highest BCUT2D eigenvalue weighted by molar-refractivity contribution is 7.90. The predicted molar refractivity (Wildman–Crippen MR) is 305 cm³/mol. The van der Waals surface area contributed by atoms with E-state index in [0.29, 0.717) is 50.1 Å². The van der Waals surface area contributed by atoms with Crippen LogP contribution in [0.1, 0.15) is 149 Å². The summed E-state index contributed by atoms with van der Waals surface area (Å²) in [5.41, 5.74) is 4.57. The standard InChI is InChI=1S/C60H73FN10O9S/c1-36(2)43-9-7-8-10-45(43)51-35-69(37(3)49-16-15-44(39-11-12-39)57(65-49)78-5)25-26-70(51)41-30-60(31-41)21-23-68(24-22-60)40-13-14-46(52(27-40)80-53-29-47-48(61)34-64-54(47)66-58(53)79-6)56(72)67-81(76,77)42-28-50(71(74)75)55(63-33-42)62-32-38-17-19-59(4,73)20-18-38/h7-10,13-16,27-29,33-34,36-39,41,51,73H,11-12,17-26,30-32,35H2,1-6H3,(H,62,63)(H,64,66)(H,67,72)/t37-,38?,51+,59?/m1/s1. The number of ether oxygens (including phenoxy) is 3. The lowest BCUT2D eigenvalue weighted by Crippen LogP contribution is -2.60. The zero-order valence-electron chi connectivity index (χ0n) is 46.9. The number of hydrogen-bond acceptors (Lipinski definition) is 16. The zero-order chi connectivity index (χ0) is 57.0. The van der Waals surface area contributed by atoms with Gasteiger partial charge < -0.3 is 34.5 Å². The molecule has 81 heavy (non-hydrogen) atoms. The Hall–Kier alpha value is -6.94. The smallest absolute Gasteiger partial charge is 0.312 e. The Morgan fingerprint density at radius 2 is 1.65 bits per heavy atom. The summed E-state index contributed by atoms with van der Waals surface area (Å²) in [6, 6.07) is 21.2. The topological polar surface area (TPSA) is 231 Å². The number of sulfonamides is 1. The van der Waals surface area contributed by atoms with E-state index in [9.17, 15) is 32.8 Å². The molecule has 21 heteroatoms. The van der Waals surface area contributed by atoms with Crippen molar-refractivity contribution in [1.29, 1.82) is 0 Å². The molecule has 11 rings (SSSR count). The maximum Gasteiger partial charge on any atom is 0.312 e. The Bertz CT molecular complexity index is 3440. The summed E-state index contributed by atoms with van der Waals surface area (Å²) in [6.45, 7) is 13.1. The SMILES string of the molecule is COc1nc2[nH]cc(F)c2cc1Oc1cc(N2CCC3(CC2)CC(N2CCN([C@H](C)c4ccc(C5CC5)c(OC)n4)C[C@H]2c2ccccc2C(C)C)C3)ccc1C(=O)NS(=O)(=O)c1cnc(NCC2CCC(C)(O)CC2)c([N+](=O)[O-])c1. The maximum atomic E-state index is 15.0. The van der Waals surface area contributed by atoms with Gasteiger partial charge in [0.1, 0.15) is 22.1 Å². The number of piperazine rings is 1. The van der Waals surface area contributed by atoms with Gasteiger partial charge in [0, 0.05) is 93.0 Å². The Kier molecular flexibility index (Phi) is 15.5. The predicted octanol–water partition coefficient (Wildman–Crippen LogP) is 10.6. The van der Waals surface area contributed by atoms with E-state index in [4.69, 9.17) is 19.2 Å². The Morgan fingerprint density at radius 3 is 2.36 bits per heavy atom. The molecule has 4 N–H and O–H groups in total. The number of nitrogens with zero attached hydrogens (tertiary/aromatic N) is 7. The fourth-order valence-electron chi connectivity index (χ4n) is 12.9. The molecule has 2 saturated heterocycles. The molecule has 6 heterocycles. The number of piperidine rings is 1. The van der Waals surface area contributed by atoms with Crippen LogP contribution >= 0.6 is 0 Å². The summed E-state index contributed by atoms with van der Waals surface area (Å²) in [5.74, 6) is -0.0917. The number of anilines is 2. The number of carbonyl (C=O) groups is 1. The summed E-state index contributed by atoms with van der Waals surface area (Å²) >= 11 is 0. The van der Waals surface area contributed by atoms with Crippen molar-refractivity contribution >= 4 is 44.2 Å². The van der Waals surface area contributed by atoms with E-state index >= 15 is 0 Å². The van der Waals surface area contributed by atoms with Crippen LogP contribution < -0.4 is 29.1 Å². The number of rotatable bonds is 18. The van der Waals surface area contributed by atoms with E-state index in [-0.39, 0.29) is 63.2 Å². The molecule has 1 amide bonds. The van der Waals surface area contributed by atoms with Gasteiger partial charge in [-0.15, -0.1) is 0 Å². The third-order valence-electron chi connectivity index (χ3n) is 18.0. The molecule has 1 spiro atoms. The highest BCUT2D eigenvalue weighted by Crippen LogP contribution is 2.54. The van der Waals surface area contributed by atoms with Gasteiger partial charge in [0.05, 0.1) is 47.6 Å². The molecule has 0 unspecified atom stereocenters. The number of amides is 1. The number of nitrogens with one attached hydrogen (secondary N) is 3. The van der Waals surface area contributed by atoms with Crippen LogP contribution in [0.4, 0.5) is 21.6 Å². The van der Waals surface area contributed by atoms with Crippen molar-refractivity contribution in [3.05, 3.63) is 123 Å². The van der Waals surface area contributed by atoms with Crippen LogP contribution in [-0.2, 0) is 10.0 Å². The quantitative estimate of drug-likeness (QED) is 0.0463. The van der Waals surface area contributed by atoms with E-state index in [0.717, 1.165) is 94.1 Å². The molecule has 2 aromatic carbocycles. The number of nitro groups is 1. The molecule has 5 fully saturated rings. The molecule has 3 aliphatic carbocycles. The van der Waals surface area contributed by atoms with Crippen molar-refractivity contribution in [3.8, 4) is 23.3 Å². The number of benzene rings is 2. The first-order valence-corrected chi connectivity index (χ1v) is 29.9. The van der Waals surface area contributed by atoms with Gasteiger partial charge in [0.25, 0.3) is 21.8 Å². The number of pyridine rings is 3. The molecule has 4 aromatic heterocycles. The lowest BCUT2D eigenvalue weighted by Gasteiger charge is -2.58. The van der Waals surface area contributed by atoms with Crippen LogP contribution in [0.3, 0.4) is 0 Å². The third kappa shape index (κ3) is 11.6. The van der Waals surface area contributed by atoms with E-state index in [1.54, 1.807) is 26.2 Å². The van der Waals surface area contributed by atoms with Gasteiger partial charge in [0.15, 0.2) is 5.75 Å². The lowest BCUT2D eigenvalue weighted by atomic mass is 9.59. The highest BCUT2D eigenvalue weighted by atomic mass is 32.2. The normalized spacial score (nSPS) is 22.1. The number of fused-ring (bicyclic) bond motifs is 1. The fraction of sp³-hybridized carbons (Fsp3) is 0.500. The van der Waals surface area contributed by atoms with Crippen LogP contribution in [0.2, 0.25) is 0 Å². The molecule has 2 atom stereocenters. The summed E-state index contributed by atoms with van der Waals surface area (Å²) in [6.07, 6.45) is 11.1. The average molecular weight is 1130 g/mol. The fourth-order valence-corrected chi connectivity index (χ4v) is 13.9. The molecule has 430 valence electrons. The van der Waals surface area contributed by atoms with Crippen LogP contribution in [0.15, 0.2) is 84.0 Å². The molecular formula is C60H73FN10O9S. The van der Waals surface area contributed by atoms with Gasteiger partial charge in [-0.25, -0.2) is 27.5 Å². The number of hydrogen-bond donors (Lipinski definition) is 4. The number of aliphatic hydroxyl groups is 1. The summed E-state index contributed by atoms with van der Waals surface area (Å²) in [7, 11) is -1.66. The van der Waals surface area contributed by atoms with Crippen LogP contribution in [0.5, 0.6) is 23.3 Å². The minimum Gasteiger partial charge on any atom is -0.481 e. The monoisotopic (exact) mass is 1130 g/mol. The van der Waals surface area contributed by atoms with E-state index in [2.05, 4.69) is 96.9 Å². The number of methoxy groups -OCH3 is 2. The van der Waals surface area contributed by atoms with Crippen LogP contribution in [-0.4, -0.2) is 119 Å². The van der Waals surface area contributed by atoms with E-state index < -0.39 is 42.9 Å². The molecule has 3 saturated carbocycles. The van der Waals surface area contributed by atoms with Crippen molar-refractivity contribution < 1.29 is 41.8 Å². The van der Waals surface area contributed by atoms with E-state index in [1.807, 2.05) is 0 Å². The average Bonchev–Trinajstić information content (AvgIpc) is 4.26. The van der Waals surface area contributed by atoms with Crippen LogP contribution in [0.25, 0.3) is 11.0 Å². The summed E-state index contributed by atoms with van der Waals surface area (Å²) in [4.78, 5) is 49.1. The van der Waals surface area contributed by atoms with Gasteiger partial charge in [-0.3, -0.25) is 24.7 Å². The van der Waals surface area contributed by atoms with Crippen molar-refractivity contribution in [3.63, 3.8) is 0 Å². The van der Waals surface area contributed by atoms with Crippen molar-refractivity contribution in [2.45, 2.75) is 132 Å². The minimum absolute atomic E-state index is 0.0161. The second-order valence-corrected chi connectivity index (χ2v) is 25.4. The molecule has 5 aliphatic rings. The minimum atomic E-state index is -4.75. The van der Waals surface area contributed by atoms with Gasteiger partial charge in [0.2, 0.25) is 11.7 Å². The lowest BCUT2D eigenvalue weighted by molar-refractivity contribution is -0.384. The molecule has 0 radical (unpaired) electrons. The number of halogens is 1. The van der Waals surface area contributed by atoms with Gasteiger partial charge in [-0.05, 0) is 131 Å². The Balaban J connectivity index is 0.803. The number of aromatic nitrogens is 4. The second-order valence-electron chi connectivity index (χ2n) is 23.7. The number of carbonyl (C=O) groups excluding carboxylic acids is 1. The number of H-pyrrole nitrogens is 1. The summed E-state index contributed by atoms with van der Waals surface area (Å²) in [5, 5.41) is 25.7. The van der Waals surface area contributed by atoms with Gasteiger partial charge in [-0.2, -0.15) is 4.98 Å². The third-order valence-corrected chi connectivity index (χ3v) is 19.3. The van der Waals surface area contributed by atoms with E-state index in [1.165, 1.54) is 48.8 Å². The summed E-state index contributed by atoms with van der Waals surface area (Å²) < 4.78 is 62.6. The first-order chi connectivity index (χ1) is 38.8. The Labute approximate surface area is 472 Å². The van der Waals surface area contributed by atoms with Crippen LogP contribution in [0, 0.1) is 27.3 Å². The van der Waals surface area contributed by atoms with Gasteiger partial charge in [-0.1, -0.05) is 44.2 Å². The van der Waals surface area contributed by atoms with Crippen molar-refractivity contribution in [2.75, 3.05) is 63.7 Å². The highest BCUT2D eigenvalue weighted by Gasteiger charge is 2.50. The first kappa shape index (κ1) is 55.9. The maximum absolute atomic E-state index is 15.0. The first-order valence-electron chi connectivity index (χ1n) is 28.4. The second kappa shape index (κ2) is 22.4. The molecule has 6 aromatic rings. The number of aromatic amines is 1. The van der Waals surface area contributed by atoms with Crippen molar-refractivity contribution in [1.82, 2.24) is 34.5 Å². The van der Waals surface area contributed by atoms with Crippen molar-refractivity contribution in [2.24, 2.45) is 11.3 Å².